The van der Waals surface area contributed by atoms with Crippen molar-refractivity contribution in [3.05, 3.63) is 116 Å². The van der Waals surface area contributed by atoms with E-state index in [0.29, 0.717) is 11.8 Å². The van der Waals surface area contributed by atoms with E-state index in [1.54, 1.807) is 16.6 Å². The number of hydrogen-bond acceptors (Lipinski definition) is 3. The van der Waals surface area contributed by atoms with Crippen molar-refractivity contribution in [2.75, 3.05) is 9.80 Å². The lowest BCUT2D eigenvalue weighted by atomic mass is 9.30. The lowest BCUT2D eigenvalue weighted by molar-refractivity contribution is 0.122. The summed E-state index contributed by atoms with van der Waals surface area (Å²) in [5, 5.41) is 0. The van der Waals surface area contributed by atoms with Crippen molar-refractivity contribution in [3.8, 4) is 0 Å². The average molecular weight is 933 g/mol. The van der Waals surface area contributed by atoms with E-state index < -0.39 is 0 Å². The average Bonchev–Trinajstić information content (AvgIpc) is 3.64. The molecule has 70 heavy (non-hydrogen) atoms. The van der Waals surface area contributed by atoms with Crippen molar-refractivity contribution >= 4 is 52.3 Å². The van der Waals surface area contributed by atoms with Crippen LogP contribution in [-0.4, -0.2) is 6.71 Å². The maximum Gasteiger partial charge on any atom is 0.252 e. The van der Waals surface area contributed by atoms with Crippen LogP contribution >= 0.6 is 0 Å². The Morgan fingerprint density at radius 1 is 0.486 bits per heavy atom. The highest BCUT2D eigenvalue weighted by Crippen LogP contribution is 2.62. The van der Waals surface area contributed by atoms with Crippen LogP contribution in [0.15, 0.2) is 75.3 Å². The smallest absolute Gasteiger partial charge is 0.252 e. The van der Waals surface area contributed by atoms with E-state index in [0.717, 1.165) is 24.5 Å². The molecule has 12 rings (SSSR count). The molecule has 2 fully saturated rings. The number of hydrogen-bond donors (Lipinski definition) is 0. The molecule has 2 aliphatic heterocycles. The van der Waals surface area contributed by atoms with Crippen molar-refractivity contribution < 1.29 is 4.42 Å². The van der Waals surface area contributed by atoms with Crippen LogP contribution in [0, 0.1) is 47.3 Å². The molecule has 4 heteroatoms. The van der Waals surface area contributed by atoms with Crippen LogP contribution in [0.3, 0.4) is 0 Å². The van der Waals surface area contributed by atoms with E-state index in [4.69, 9.17) is 4.42 Å². The second kappa shape index (κ2) is 14.3. The van der Waals surface area contributed by atoms with Crippen molar-refractivity contribution in [2.45, 2.75) is 210 Å². The molecule has 0 saturated heterocycles. The summed E-state index contributed by atoms with van der Waals surface area (Å²) in [6.07, 6.45) is 17.2. The summed E-state index contributed by atoms with van der Waals surface area (Å²) >= 11 is 0. The predicted molar refractivity (Wildman–Crippen MR) is 299 cm³/mol. The summed E-state index contributed by atoms with van der Waals surface area (Å²) in [6, 6.07) is 17.9. The fourth-order valence-electron chi connectivity index (χ4n) is 16.1. The molecule has 0 bridgehead atoms. The van der Waals surface area contributed by atoms with Gasteiger partial charge in [0.25, 0.3) is 6.71 Å². The molecule has 368 valence electrons. The largest absolute Gasteiger partial charge is 0.441 e. The molecule has 2 unspecified atom stereocenters. The SMILES string of the molecule is Cc1cc2c3c(c1)N(c1ccc4c(c1)C(C)(C)CCC4(C)C)c1oc4c(c1B3C1=C(C=C3C(C1)C(C)(C)CCC3(C)C)N2c1cc2c(cc1C)C(C)(C)CCC2(C)C)CC1C(=C4)C(C)(C)CCC1(C)C. The van der Waals surface area contributed by atoms with Gasteiger partial charge in [-0.3, -0.25) is 4.90 Å². The van der Waals surface area contributed by atoms with Gasteiger partial charge in [0, 0.05) is 28.4 Å². The fraction of sp³-hybridized carbons (Fsp3) is 0.576. The minimum Gasteiger partial charge on any atom is -0.441 e. The quantitative estimate of drug-likeness (QED) is 0.187. The number of rotatable bonds is 2. The molecular weight excluding hydrogens is 848 g/mol. The highest BCUT2D eigenvalue weighted by Gasteiger charge is 2.55. The van der Waals surface area contributed by atoms with Gasteiger partial charge in [0.15, 0.2) is 0 Å². The van der Waals surface area contributed by atoms with Crippen molar-refractivity contribution in [1.29, 1.82) is 0 Å². The number of benzene rings is 3. The molecule has 8 aliphatic rings. The predicted octanol–water partition coefficient (Wildman–Crippen LogP) is 17.1. The maximum absolute atomic E-state index is 7.73. The molecule has 0 amide bonds. The Balaban J connectivity index is 1.20. The first-order valence-electron chi connectivity index (χ1n) is 27.8. The van der Waals surface area contributed by atoms with Gasteiger partial charge in [-0.15, -0.1) is 0 Å². The molecule has 3 heterocycles. The molecule has 0 spiro atoms. The van der Waals surface area contributed by atoms with E-state index >= 15 is 0 Å². The number of allylic oxidation sites excluding steroid dienone is 4. The Labute approximate surface area is 424 Å². The van der Waals surface area contributed by atoms with E-state index in [-0.39, 0.29) is 50.0 Å². The third-order valence-electron chi connectivity index (χ3n) is 21.4. The Morgan fingerprint density at radius 2 is 0.986 bits per heavy atom. The second-order valence-electron chi connectivity index (χ2n) is 29.8. The first kappa shape index (κ1) is 46.9. The van der Waals surface area contributed by atoms with Crippen LogP contribution in [0.2, 0.25) is 0 Å². The summed E-state index contributed by atoms with van der Waals surface area (Å²) in [7, 11) is 0. The molecule has 3 aromatic carbocycles. The Morgan fingerprint density at radius 3 is 1.59 bits per heavy atom. The van der Waals surface area contributed by atoms with E-state index in [1.165, 1.54) is 130 Å². The summed E-state index contributed by atoms with van der Waals surface area (Å²) in [5.74, 6) is 3.12. The summed E-state index contributed by atoms with van der Waals surface area (Å²) in [6.45, 7) is 45.1. The first-order valence-corrected chi connectivity index (χ1v) is 27.8. The molecular formula is C66H85BN2O. The molecule has 3 nitrogen and oxygen atoms in total. The Hall–Kier alpha value is -4.18. The topological polar surface area (TPSA) is 19.6 Å². The third-order valence-corrected chi connectivity index (χ3v) is 21.4. The van der Waals surface area contributed by atoms with Gasteiger partial charge in [0.05, 0.1) is 0 Å². The van der Waals surface area contributed by atoms with Gasteiger partial charge in [0.1, 0.15) is 5.76 Å². The molecule has 6 aliphatic carbocycles. The van der Waals surface area contributed by atoms with Gasteiger partial charge in [-0.05, 0) is 226 Å². The van der Waals surface area contributed by atoms with Crippen LogP contribution in [0.25, 0.3) is 6.08 Å². The van der Waals surface area contributed by atoms with Gasteiger partial charge in [-0.1, -0.05) is 140 Å². The molecule has 4 aromatic rings. The van der Waals surface area contributed by atoms with Crippen LogP contribution in [-0.2, 0) is 28.1 Å². The zero-order valence-electron chi connectivity index (χ0n) is 46.8. The maximum atomic E-state index is 7.73. The van der Waals surface area contributed by atoms with Crippen molar-refractivity contribution in [3.63, 3.8) is 0 Å². The number of nitrogens with zero attached hydrogens (tertiary/aromatic N) is 2. The summed E-state index contributed by atoms with van der Waals surface area (Å²) in [5.41, 5.74) is 25.7. The minimum atomic E-state index is 0.0727. The molecule has 0 radical (unpaired) electrons. The van der Waals surface area contributed by atoms with Gasteiger partial charge < -0.3 is 9.32 Å². The first-order chi connectivity index (χ1) is 32.4. The summed E-state index contributed by atoms with van der Waals surface area (Å²) < 4.78 is 7.73. The zero-order valence-corrected chi connectivity index (χ0v) is 46.8. The standard InChI is InChI=1S/C66H85BN2O/c1-38-29-53-57-54(30-38)69(51-35-47-43(31-39(51)2)60(5,6)23-26-64(47,13)14)52-36-48-46(63(11,12)25-27-65(48,15)16)34-50(52)67(57)56-41-33-45-49(66(17,18)28-24-62(45,9)10)37-55(41)70-58(56)68(53)40-19-20-42-44(32-40)61(7,8)22-21-59(42,3)4/h19-20,29-32,35-37,45-46H,21-28,33-34H2,1-18H3. The van der Waals surface area contributed by atoms with Gasteiger partial charge in [-0.25, -0.2) is 0 Å². The van der Waals surface area contributed by atoms with Crippen LogP contribution in [0.5, 0.6) is 0 Å². The van der Waals surface area contributed by atoms with E-state index in [2.05, 4.69) is 189 Å². The Kier molecular flexibility index (Phi) is 9.58. The second-order valence-corrected chi connectivity index (χ2v) is 29.8. The molecule has 2 saturated carbocycles. The fourth-order valence-corrected chi connectivity index (χ4v) is 16.1. The highest BCUT2D eigenvalue weighted by atomic mass is 16.4. The van der Waals surface area contributed by atoms with Gasteiger partial charge >= 0.3 is 0 Å². The monoisotopic (exact) mass is 933 g/mol. The lowest BCUT2D eigenvalue weighted by Crippen LogP contribution is -2.58. The number of aryl methyl sites for hydroxylation is 2. The van der Waals surface area contributed by atoms with E-state index in [9.17, 15) is 0 Å². The minimum absolute atomic E-state index is 0.0727. The van der Waals surface area contributed by atoms with Crippen molar-refractivity contribution in [2.24, 2.45) is 33.5 Å². The van der Waals surface area contributed by atoms with Crippen molar-refractivity contribution in [1.82, 2.24) is 0 Å². The van der Waals surface area contributed by atoms with Crippen LogP contribution in [0.4, 0.5) is 28.6 Å². The Bertz CT molecular complexity index is 3060. The summed E-state index contributed by atoms with van der Waals surface area (Å²) in [4.78, 5) is 5.43. The lowest BCUT2D eigenvalue weighted by Gasteiger charge is -2.54. The van der Waals surface area contributed by atoms with Crippen LogP contribution < -0.4 is 20.7 Å². The molecule has 1 aromatic heterocycles. The number of furan rings is 1. The third kappa shape index (κ3) is 6.50. The molecule has 0 N–H and O–H groups in total. The number of anilines is 5. The van der Waals surface area contributed by atoms with Gasteiger partial charge in [-0.2, -0.15) is 0 Å². The normalized spacial score (nSPS) is 27.1. The molecule has 2 atom stereocenters. The highest BCUT2D eigenvalue weighted by molar-refractivity contribution is 6.95. The number of fused-ring (bicyclic) bond motifs is 9. The zero-order chi connectivity index (χ0) is 50.0. The van der Waals surface area contributed by atoms with E-state index in [1.807, 2.05) is 0 Å². The van der Waals surface area contributed by atoms with Gasteiger partial charge in [0.2, 0.25) is 5.88 Å². The van der Waals surface area contributed by atoms with Crippen LogP contribution in [0.1, 0.15) is 213 Å².